The first-order valence-corrected chi connectivity index (χ1v) is 6.87. The fourth-order valence-electron chi connectivity index (χ4n) is 1.96. The molecule has 0 radical (unpaired) electrons. The second kappa shape index (κ2) is 6.11. The van der Waals surface area contributed by atoms with E-state index < -0.39 is 0 Å². The molecule has 0 unspecified atom stereocenters. The molecule has 1 aromatic rings. The molecule has 1 saturated heterocycles. The minimum absolute atomic E-state index is 0.0402. The molecule has 1 amide bonds. The lowest BCUT2D eigenvalue weighted by molar-refractivity contribution is -0.120. The van der Waals surface area contributed by atoms with Crippen LogP contribution in [0.4, 0.5) is 5.69 Å². The summed E-state index contributed by atoms with van der Waals surface area (Å²) in [4.78, 5) is 12.1. The highest BCUT2D eigenvalue weighted by Gasteiger charge is 2.22. The fraction of sp³-hybridized carbons (Fsp3) is 0.417. The monoisotopic (exact) mass is 306 g/mol. The Morgan fingerprint density at radius 1 is 1.28 bits per heavy atom. The number of nitrogens with one attached hydrogen (secondary N) is 2. The fourth-order valence-corrected chi connectivity index (χ4v) is 2.87. The molecule has 1 aromatic carbocycles. The summed E-state index contributed by atoms with van der Waals surface area (Å²) in [5.41, 5.74) is 0.429. The number of anilines is 1. The summed E-state index contributed by atoms with van der Waals surface area (Å²) in [6.07, 6.45) is 1.88. The zero-order chi connectivity index (χ0) is 13.1. The summed E-state index contributed by atoms with van der Waals surface area (Å²) in [5, 5.41) is 7.12. The molecule has 0 aromatic heterocycles. The molecular formula is C12H13Cl3N2O. The lowest BCUT2D eigenvalue weighted by Gasteiger charge is -2.22. The van der Waals surface area contributed by atoms with Gasteiger partial charge in [-0.15, -0.1) is 0 Å². The van der Waals surface area contributed by atoms with Gasteiger partial charge in [0.25, 0.3) is 0 Å². The quantitative estimate of drug-likeness (QED) is 0.877. The van der Waals surface area contributed by atoms with Crippen LogP contribution < -0.4 is 10.6 Å². The Morgan fingerprint density at radius 2 is 1.94 bits per heavy atom. The Hall–Kier alpha value is -0.480. The molecule has 0 spiro atoms. The number of carbonyl (C=O) groups excluding carboxylic acids is 1. The standard InChI is InChI=1S/C12H13Cl3N2O/c13-8-4-9(14)11(10(15)5-8)17-12(18)7-2-1-3-16-6-7/h4-5,7,16H,1-3,6H2,(H,17,18)/t7-/m1/s1. The Balaban J connectivity index is 2.11. The van der Waals surface area contributed by atoms with Gasteiger partial charge in [0.2, 0.25) is 5.91 Å². The van der Waals surface area contributed by atoms with Gasteiger partial charge in [0.1, 0.15) is 0 Å². The molecule has 1 heterocycles. The molecular weight excluding hydrogens is 295 g/mol. The summed E-state index contributed by atoms with van der Waals surface area (Å²) in [6.45, 7) is 1.65. The lowest BCUT2D eigenvalue weighted by atomic mass is 9.99. The SMILES string of the molecule is O=C(Nc1c(Cl)cc(Cl)cc1Cl)[C@@H]1CCCNC1. The molecule has 1 aliphatic heterocycles. The van der Waals surface area contributed by atoms with Gasteiger partial charge < -0.3 is 10.6 Å². The third kappa shape index (κ3) is 3.29. The number of benzene rings is 1. The van der Waals surface area contributed by atoms with Crippen LogP contribution in [-0.4, -0.2) is 19.0 Å². The summed E-state index contributed by atoms with van der Waals surface area (Å²) < 4.78 is 0. The molecule has 0 bridgehead atoms. The van der Waals surface area contributed by atoms with Crippen LogP contribution in [0.25, 0.3) is 0 Å². The van der Waals surface area contributed by atoms with Crippen LogP contribution in [-0.2, 0) is 4.79 Å². The third-order valence-electron chi connectivity index (χ3n) is 2.92. The molecule has 1 fully saturated rings. The second-order valence-corrected chi connectivity index (χ2v) is 5.53. The van der Waals surface area contributed by atoms with Gasteiger partial charge in [-0.2, -0.15) is 0 Å². The first-order valence-electron chi connectivity index (χ1n) is 5.74. The van der Waals surface area contributed by atoms with E-state index in [9.17, 15) is 4.79 Å². The number of halogens is 3. The van der Waals surface area contributed by atoms with Gasteiger partial charge in [0.15, 0.2) is 0 Å². The van der Waals surface area contributed by atoms with Crippen LogP contribution in [0.1, 0.15) is 12.8 Å². The smallest absolute Gasteiger partial charge is 0.228 e. The van der Waals surface area contributed by atoms with Crippen LogP contribution in [0.15, 0.2) is 12.1 Å². The van der Waals surface area contributed by atoms with Crippen LogP contribution in [0, 0.1) is 5.92 Å². The topological polar surface area (TPSA) is 41.1 Å². The number of rotatable bonds is 2. The van der Waals surface area contributed by atoms with E-state index in [0.29, 0.717) is 27.3 Å². The van der Waals surface area contributed by atoms with E-state index in [1.165, 1.54) is 0 Å². The van der Waals surface area contributed by atoms with E-state index in [2.05, 4.69) is 10.6 Å². The Labute approximate surface area is 121 Å². The van der Waals surface area contributed by atoms with Crippen LogP contribution in [0.5, 0.6) is 0 Å². The van der Waals surface area contributed by atoms with Crippen molar-refractivity contribution in [2.24, 2.45) is 5.92 Å². The van der Waals surface area contributed by atoms with Crippen LogP contribution in [0.3, 0.4) is 0 Å². The Kier molecular flexibility index (Phi) is 4.73. The molecule has 1 atom stereocenters. The van der Waals surface area contributed by atoms with Crippen molar-refractivity contribution in [1.29, 1.82) is 0 Å². The minimum atomic E-state index is -0.0617. The largest absolute Gasteiger partial charge is 0.323 e. The Bertz CT molecular complexity index is 436. The second-order valence-electron chi connectivity index (χ2n) is 4.28. The Morgan fingerprint density at radius 3 is 2.50 bits per heavy atom. The number of carbonyl (C=O) groups is 1. The van der Waals surface area contributed by atoms with Crippen molar-refractivity contribution in [3.05, 3.63) is 27.2 Å². The van der Waals surface area contributed by atoms with Gasteiger partial charge in [-0.1, -0.05) is 34.8 Å². The van der Waals surface area contributed by atoms with E-state index in [0.717, 1.165) is 19.4 Å². The van der Waals surface area contributed by atoms with Gasteiger partial charge in [-0.05, 0) is 31.5 Å². The van der Waals surface area contributed by atoms with Crippen molar-refractivity contribution in [3.8, 4) is 0 Å². The third-order valence-corrected chi connectivity index (χ3v) is 3.74. The molecule has 98 valence electrons. The highest BCUT2D eigenvalue weighted by molar-refractivity contribution is 6.42. The van der Waals surface area contributed by atoms with E-state index in [-0.39, 0.29) is 11.8 Å². The van der Waals surface area contributed by atoms with Crippen molar-refractivity contribution in [3.63, 3.8) is 0 Å². The van der Waals surface area contributed by atoms with Crippen molar-refractivity contribution >= 4 is 46.4 Å². The predicted molar refractivity (Wildman–Crippen MR) is 75.7 cm³/mol. The summed E-state index contributed by atoms with van der Waals surface area (Å²) in [6, 6.07) is 3.12. The summed E-state index contributed by atoms with van der Waals surface area (Å²) >= 11 is 17.9. The maximum Gasteiger partial charge on any atom is 0.228 e. The number of hydrogen-bond donors (Lipinski definition) is 2. The van der Waals surface area contributed by atoms with Gasteiger partial charge in [0.05, 0.1) is 21.7 Å². The normalized spacial score (nSPS) is 19.6. The number of piperidine rings is 1. The van der Waals surface area contributed by atoms with E-state index >= 15 is 0 Å². The van der Waals surface area contributed by atoms with Gasteiger partial charge in [-0.25, -0.2) is 0 Å². The average molecular weight is 308 g/mol. The predicted octanol–water partition coefficient (Wildman–Crippen LogP) is 3.58. The van der Waals surface area contributed by atoms with Crippen molar-refractivity contribution in [2.75, 3.05) is 18.4 Å². The highest BCUT2D eigenvalue weighted by atomic mass is 35.5. The first-order chi connectivity index (χ1) is 8.58. The van der Waals surface area contributed by atoms with Crippen molar-refractivity contribution in [1.82, 2.24) is 5.32 Å². The molecule has 0 aliphatic carbocycles. The van der Waals surface area contributed by atoms with E-state index in [4.69, 9.17) is 34.8 Å². The van der Waals surface area contributed by atoms with Crippen LogP contribution in [0.2, 0.25) is 15.1 Å². The minimum Gasteiger partial charge on any atom is -0.323 e. The van der Waals surface area contributed by atoms with Gasteiger partial charge in [0, 0.05) is 11.6 Å². The number of amides is 1. The van der Waals surface area contributed by atoms with Crippen molar-refractivity contribution < 1.29 is 4.79 Å². The summed E-state index contributed by atoms with van der Waals surface area (Å²) in [7, 11) is 0. The molecule has 2 N–H and O–H groups in total. The molecule has 0 saturated carbocycles. The molecule has 3 nitrogen and oxygen atoms in total. The first kappa shape index (κ1) is 13.9. The number of hydrogen-bond acceptors (Lipinski definition) is 2. The molecule has 6 heteroatoms. The zero-order valence-corrected chi connectivity index (χ0v) is 11.9. The van der Waals surface area contributed by atoms with E-state index in [1.807, 2.05) is 0 Å². The molecule has 18 heavy (non-hydrogen) atoms. The molecule has 2 rings (SSSR count). The zero-order valence-electron chi connectivity index (χ0n) is 9.60. The van der Waals surface area contributed by atoms with Gasteiger partial charge >= 0.3 is 0 Å². The molecule has 1 aliphatic rings. The van der Waals surface area contributed by atoms with Gasteiger partial charge in [-0.3, -0.25) is 4.79 Å². The highest BCUT2D eigenvalue weighted by Crippen LogP contribution is 2.34. The van der Waals surface area contributed by atoms with Crippen LogP contribution >= 0.6 is 34.8 Å². The van der Waals surface area contributed by atoms with Crippen molar-refractivity contribution in [2.45, 2.75) is 12.8 Å². The average Bonchev–Trinajstić information content (AvgIpc) is 2.34. The maximum absolute atomic E-state index is 12.1. The van der Waals surface area contributed by atoms with E-state index in [1.54, 1.807) is 12.1 Å². The lowest BCUT2D eigenvalue weighted by Crippen LogP contribution is -2.37. The summed E-state index contributed by atoms with van der Waals surface area (Å²) in [5.74, 6) is -0.102. The maximum atomic E-state index is 12.1.